The van der Waals surface area contributed by atoms with E-state index < -0.39 is 7.82 Å². The van der Waals surface area contributed by atoms with Crippen LogP contribution >= 0.6 is 7.82 Å². The Kier molecular flexibility index (Phi) is 15.6. The van der Waals surface area contributed by atoms with E-state index in [1.165, 1.54) is 103 Å². The summed E-state index contributed by atoms with van der Waals surface area (Å²) in [5, 5.41) is 0. The molecule has 1 aliphatic carbocycles. The van der Waals surface area contributed by atoms with Crippen molar-refractivity contribution in [3.8, 4) is 0 Å². The molecule has 2 N–H and O–H groups in total. The smallest absolute Gasteiger partial charge is 0.329 e. The average molecular weight is 463 g/mol. The third-order valence-corrected chi connectivity index (χ3v) is 7.22. The summed E-state index contributed by atoms with van der Waals surface area (Å²) >= 11 is 0. The van der Waals surface area contributed by atoms with Gasteiger partial charge in [0.2, 0.25) is 0 Å². The van der Waals surface area contributed by atoms with Crippen LogP contribution < -0.4 is 0 Å². The molecule has 1 fully saturated rings. The lowest BCUT2D eigenvalue weighted by Gasteiger charge is -2.29. The molecule has 1 unspecified atom stereocenters. The average Bonchev–Trinajstić information content (AvgIpc) is 2.65. The van der Waals surface area contributed by atoms with Gasteiger partial charge in [-0.2, -0.15) is 0 Å². The van der Waals surface area contributed by atoms with Crippen LogP contribution in [0.5, 0.6) is 0 Å². The summed E-state index contributed by atoms with van der Waals surface area (Å²) in [6, 6.07) is 0. The molecule has 0 radical (unpaired) electrons. The summed E-state index contributed by atoms with van der Waals surface area (Å²) in [5.41, 5.74) is 0. The largest absolute Gasteiger partial charge is 0.470 e. The van der Waals surface area contributed by atoms with Crippen LogP contribution in [-0.4, -0.2) is 48.1 Å². The van der Waals surface area contributed by atoms with Gasteiger partial charge in [0.15, 0.2) is 0 Å². The minimum absolute atomic E-state index is 0.376. The van der Waals surface area contributed by atoms with E-state index in [2.05, 4.69) is 0 Å². The third-order valence-electron chi connectivity index (χ3n) is 6.65. The first-order valence-electron chi connectivity index (χ1n) is 13.2. The second kappa shape index (κ2) is 16.6. The SMILES string of the molecule is C[N+](C)(C)CC(CCCCCC1CCCCCCCCCCCCCC1)OP(=O)(O)O. The molecule has 186 valence electrons. The van der Waals surface area contributed by atoms with E-state index in [1.807, 2.05) is 21.1 Å². The maximum Gasteiger partial charge on any atom is 0.470 e. The van der Waals surface area contributed by atoms with Crippen LogP contribution in [0.2, 0.25) is 0 Å². The number of phosphoric ester groups is 1. The van der Waals surface area contributed by atoms with Gasteiger partial charge in [-0.15, -0.1) is 0 Å². The molecule has 0 saturated heterocycles. The Morgan fingerprint density at radius 3 is 1.65 bits per heavy atom. The minimum atomic E-state index is -4.43. The van der Waals surface area contributed by atoms with Gasteiger partial charge < -0.3 is 14.3 Å². The fourth-order valence-corrected chi connectivity index (χ4v) is 5.59. The van der Waals surface area contributed by atoms with E-state index >= 15 is 0 Å². The summed E-state index contributed by atoms with van der Waals surface area (Å²) in [6.07, 6.45) is 24.9. The highest BCUT2D eigenvalue weighted by atomic mass is 31.2. The van der Waals surface area contributed by atoms with E-state index in [0.29, 0.717) is 11.0 Å². The Hall–Kier alpha value is 0.0700. The molecular weight excluding hydrogens is 409 g/mol. The van der Waals surface area contributed by atoms with Crippen LogP contribution in [0.3, 0.4) is 0 Å². The molecule has 1 rings (SSSR count). The number of rotatable bonds is 10. The summed E-state index contributed by atoms with van der Waals surface area (Å²) in [4.78, 5) is 18.4. The van der Waals surface area contributed by atoms with Crippen molar-refractivity contribution in [2.24, 2.45) is 5.92 Å². The number of likely N-dealkylation sites (N-methyl/N-ethyl adjacent to an activating group) is 1. The number of hydrogen-bond donors (Lipinski definition) is 2. The van der Waals surface area contributed by atoms with Crippen molar-refractivity contribution in [1.29, 1.82) is 0 Å². The van der Waals surface area contributed by atoms with Crippen molar-refractivity contribution in [3.05, 3.63) is 0 Å². The van der Waals surface area contributed by atoms with E-state index in [1.54, 1.807) is 0 Å². The van der Waals surface area contributed by atoms with Gasteiger partial charge >= 0.3 is 7.82 Å². The van der Waals surface area contributed by atoms with E-state index in [-0.39, 0.29) is 6.10 Å². The van der Waals surface area contributed by atoms with E-state index in [0.717, 1.165) is 25.2 Å². The van der Waals surface area contributed by atoms with E-state index in [4.69, 9.17) is 4.52 Å². The predicted octanol–water partition coefficient (Wildman–Crippen LogP) is 7.21. The first kappa shape index (κ1) is 29.1. The van der Waals surface area contributed by atoms with Gasteiger partial charge in [0.25, 0.3) is 0 Å². The minimum Gasteiger partial charge on any atom is -0.329 e. The van der Waals surface area contributed by atoms with Gasteiger partial charge in [0, 0.05) is 0 Å². The summed E-state index contributed by atoms with van der Waals surface area (Å²) < 4.78 is 17.0. The van der Waals surface area contributed by atoms with Crippen LogP contribution in [0.4, 0.5) is 0 Å². The lowest BCUT2D eigenvalue weighted by molar-refractivity contribution is -0.873. The Bertz CT molecular complexity index is 459. The van der Waals surface area contributed by atoms with Crippen molar-refractivity contribution in [3.63, 3.8) is 0 Å². The Morgan fingerprint density at radius 2 is 1.23 bits per heavy atom. The zero-order valence-corrected chi connectivity index (χ0v) is 21.8. The molecule has 0 heterocycles. The highest BCUT2D eigenvalue weighted by Gasteiger charge is 2.26. The molecule has 0 bridgehead atoms. The monoisotopic (exact) mass is 462 g/mol. The lowest BCUT2D eigenvalue weighted by Crippen LogP contribution is -2.42. The summed E-state index contributed by atoms with van der Waals surface area (Å²) in [5.74, 6) is 0.874. The number of unbranched alkanes of at least 4 members (excludes halogenated alkanes) is 2. The van der Waals surface area contributed by atoms with Gasteiger partial charge in [-0.05, 0) is 12.3 Å². The summed E-state index contributed by atoms with van der Waals surface area (Å²) in [6.45, 7) is 0.619. The first-order chi connectivity index (χ1) is 14.7. The highest BCUT2D eigenvalue weighted by Crippen LogP contribution is 2.39. The predicted molar refractivity (Wildman–Crippen MR) is 131 cm³/mol. The number of nitrogens with zero attached hydrogens (tertiary/aromatic N) is 1. The molecule has 0 spiro atoms. The Labute approximate surface area is 193 Å². The van der Waals surface area contributed by atoms with Crippen LogP contribution in [0, 0.1) is 5.92 Å². The normalized spacial score (nSPS) is 20.7. The second-order valence-electron chi connectivity index (χ2n) is 11.0. The molecule has 1 atom stereocenters. The maximum atomic E-state index is 11.3. The van der Waals surface area contributed by atoms with Crippen LogP contribution in [0.25, 0.3) is 0 Å². The molecule has 0 aromatic heterocycles. The van der Waals surface area contributed by atoms with Crippen LogP contribution in [0.1, 0.15) is 122 Å². The molecule has 0 aliphatic heterocycles. The van der Waals surface area contributed by atoms with Gasteiger partial charge in [-0.1, -0.05) is 116 Å². The second-order valence-corrected chi connectivity index (χ2v) is 12.2. The third kappa shape index (κ3) is 19.3. The van der Waals surface area contributed by atoms with Crippen molar-refractivity contribution in [2.45, 2.75) is 128 Å². The van der Waals surface area contributed by atoms with Crippen molar-refractivity contribution in [2.75, 3.05) is 27.7 Å². The number of quaternary nitrogens is 1. The van der Waals surface area contributed by atoms with Crippen LogP contribution in [-0.2, 0) is 9.09 Å². The fourth-order valence-electron chi connectivity index (χ4n) is 5.03. The zero-order chi connectivity index (χ0) is 23.0. The molecule has 5 nitrogen and oxygen atoms in total. The van der Waals surface area contributed by atoms with Gasteiger partial charge in [0.1, 0.15) is 12.6 Å². The first-order valence-corrected chi connectivity index (χ1v) is 14.7. The Morgan fingerprint density at radius 1 is 0.774 bits per heavy atom. The molecule has 0 aromatic rings. The number of hydrogen-bond acceptors (Lipinski definition) is 2. The molecule has 31 heavy (non-hydrogen) atoms. The number of phosphoric acid groups is 1. The van der Waals surface area contributed by atoms with Crippen LogP contribution in [0.15, 0.2) is 0 Å². The van der Waals surface area contributed by atoms with Crippen molar-refractivity contribution < 1.29 is 23.4 Å². The van der Waals surface area contributed by atoms with Gasteiger partial charge in [-0.3, -0.25) is 4.52 Å². The lowest BCUT2D eigenvalue weighted by atomic mass is 9.89. The molecule has 6 heteroatoms. The zero-order valence-electron chi connectivity index (χ0n) is 20.9. The molecule has 1 aliphatic rings. The fraction of sp³-hybridized carbons (Fsp3) is 1.00. The molecule has 1 saturated carbocycles. The molecule has 0 aromatic carbocycles. The highest BCUT2D eigenvalue weighted by molar-refractivity contribution is 7.46. The quantitative estimate of drug-likeness (QED) is 0.204. The maximum absolute atomic E-state index is 11.3. The molecular formula is C25H53NO4P+. The van der Waals surface area contributed by atoms with Crippen molar-refractivity contribution in [1.82, 2.24) is 0 Å². The topological polar surface area (TPSA) is 66.8 Å². The standard InChI is InChI=1S/C25H52NO4P/c1-26(2,3)23-25(30-31(27,28)29)22-18-14-17-21-24-19-15-12-10-8-6-4-5-7-9-11-13-16-20-24/h24-25H,4-23H2,1-3H3,(H-,27,28,29)/p+1. The Balaban J connectivity index is 2.33. The van der Waals surface area contributed by atoms with E-state index in [9.17, 15) is 14.4 Å². The van der Waals surface area contributed by atoms with Gasteiger partial charge in [0.05, 0.1) is 21.1 Å². The van der Waals surface area contributed by atoms with Crippen molar-refractivity contribution >= 4 is 7.82 Å². The van der Waals surface area contributed by atoms with Gasteiger partial charge in [-0.25, -0.2) is 4.57 Å². The molecule has 0 amide bonds. The summed E-state index contributed by atoms with van der Waals surface area (Å²) in [7, 11) is 1.67.